The Labute approximate surface area is 116 Å². The minimum Gasteiger partial charge on any atom is -0.454 e. The highest BCUT2D eigenvalue weighted by Gasteiger charge is 2.20. The predicted molar refractivity (Wildman–Crippen MR) is 72.1 cm³/mol. The van der Waals surface area contributed by atoms with Gasteiger partial charge in [-0.05, 0) is 24.6 Å². The summed E-state index contributed by atoms with van der Waals surface area (Å²) in [5, 5.41) is 0. The normalized spacial score (nSPS) is 17.0. The maximum Gasteiger partial charge on any atom is 0.253 e. The Morgan fingerprint density at radius 3 is 3.05 bits per heavy atom. The Morgan fingerprint density at radius 2 is 2.20 bits per heavy atom. The Morgan fingerprint density at radius 1 is 1.30 bits per heavy atom. The molecule has 0 aliphatic carbocycles. The number of para-hydroxylation sites is 1. The first-order valence-electron chi connectivity index (χ1n) is 6.34. The van der Waals surface area contributed by atoms with Crippen LogP contribution in [0, 0.1) is 0 Å². The van der Waals surface area contributed by atoms with Crippen LogP contribution in [0.2, 0.25) is 0 Å². The summed E-state index contributed by atoms with van der Waals surface area (Å²) < 4.78 is 10.6. The van der Waals surface area contributed by atoms with E-state index >= 15 is 0 Å². The summed E-state index contributed by atoms with van der Waals surface area (Å²) in [5.41, 5.74) is 0.758. The standard InChI is InChI=1S/C15H13NO4/c17-13-6-1-2-9-16(13)14(18)8-7-11-4-3-5-12-15(11)20-10-19-12/h1,3-8H,2,9-10H2/b8-7+. The molecule has 1 aromatic rings. The Balaban J connectivity index is 1.78. The number of fused-ring (bicyclic) bond motifs is 1. The van der Waals surface area contributed by atoms with Gasteiger partial charge in [0.05, 0.1) is 0 Å². The molecule has 0 bridgehead atoms. The van der Waals surface area contributed by atoms with E-state index in [0.717, 1.165) is 5.56 Å². The third kappa shape index (κ3) is 2.30. The average molecular weight is 271 g/mol. The lowest BCUT2D eigenvalue weighted by atomic mass is 10.1. The first kappa shape index (κ1) is 12.5. The van der Waals surface area contributed by atoms with E-state index < -0.39 is 0 Å². The summed E-state index contributed by atoms with van der Waals surface area (Å²) in [6.07, 6.45) is 6.91. The Hall–Kier alpha value is -2.56. The van der Waals surface area contributed by atoms with Crippen molar-refractivity contribution in [1.82, 2.24) is 4.90 Å². The van der Waals surface area contributed by atoms with Gasteiger partial charge in [-0.2, -0.15) is 0 Å². The maximum atomic E-state index is 12.0. The van der Waals surface area contributed by atoms with Gasteiger partial charge in [0.1, 0.15) is 0 Å². The van der Waals surface area contributed by atoms with Gasteiger partial charge in [0.2, 0.25) is 6.79 Å². The van der Waals surface area contributed by atoms with E-state index in [1.165, 1.54) is 17.1 Å². The van der Waals surface area contributed by atoms with Gasteiger partial charge < -0.3 is 9.47 Å². The molecule has 0 saturated heterocycles. The van der Waals surface area contributed by atoms with Crippen molar-refractivity contribution < 1.29 is 19.1 Å². The second kappa shape index (κ2) is 5.21. The van der Waals surface area contributed by atoms with Crippen molar-refractivity contribution in [1.29, 1.82) is 0 Å². The molecule has 5 heteroatoms. The number of benzene rings is 1. The zero-order valence-electron chi connectivity index (χ0n) is 10.7. The fourth-order valence-electron chi connectivity index (χ4n) is 2.14. The third-order valence-corrected chi connectivity index (χ3v) is 3.14. The van der Waals surface area contributed by atoms with Gasteiger partial charge >= 0.3 is 0 Å². The second-order valence-corrected chi connectivity index (χ2v) is 4.43. The van der Waals surface area contributed by atoms with Gasteiger partial charge in [-0.15, -0.1) is 0 Å². The van der Waals surface area contributed by atoms with Crippen LogP contribution in [0.3, 0.4) is 0 Å². The maximum absolute atomic E-state index is 12.0. The van der Waals surface area contributed by atoms with Crippen molar-refractivity contribution in [2.24, 2.45) is 0 Å². The number of rotatable bonds is 2. The number of hydrogen-bond donors (Lipinski definition) is 0. The summed E-state index contributed by atoms with van der Waals surface area (Å²) in [6, 6.07) is 5.46. The molecule has 2 aliphatic heterocycles. The van der Waals surface area contributed by atoms with E-state index in [2.05, 4.69) is 0 Å². The molecule has 5 nitrogen and oxygen atoms in total. The number of amides is 2. The molecule has 2 heterocycles. The van der Waals surface area contributed by atoms with E-state index in [0.29, 0.717) is 24.5 Å². The lowest BCUT2D eigenvalue weighted by molar-refractivity contribution is -0.139. The summed E-state index contributed by atoms with van der Waals surface area (Å²) in [5.74, 6) is 0.692. The molecule has 0 saturated carbocycles. The van der Waals surface area contributed by atoms with Gasteiger partial charge in [-0.3, -0.25) is 14.5 Å². The smallest absolute Gasteiger partial charge is 0.253 e. The highest BCUT2D eigenvalue weighted by Crippen LogP contribution is 2.35. The number of imide groups is 1. The molecule has 0 radical (unpaired) electrons. The van der Waals surface area contributed by atoms with Gasteiger partial charge in [-0.1, -0.05) is 18.2 Å². The number of carbonyl (C=O) groups excluding carboxylic acids is 2. The van der Waals surface area contributed by atoms with Gasteiger partial charge in [0, 0.05) is 18.2 Å². The molecule has 0 fully saturated rings. The molecule has 0 unspecified atom stereocenters. The molecule has 2 aliphatic rings. The first-order valence-corrected chi connectivity index (χ1v) is 6.34. The zero-order valence-corrected chi connectivity index (χ0v) is 10.7. The molecule has 2 amide bonds. The Kier molecular flexibility index (Phi) is 3.25. The molecule has 20 heavy (non-hydrogen) atoms. The van der Waals surface area contributed by atoms with E-state index in [1.807, 2.05) is 12.1 Å². The molecule has 102 valence electrons. The summed E-state index contributed by atoms with van der Waals surface area (Å²) in [6.45, 7) is 0.606. The number of nitrogens with zero attached hydrogens (tertiary/aromatic N) is 1. The van der Waals surface area contributed by atoms with Crippen LogP contribution in [0.15, 0.2) is 36.4 Å². The SMILES string of the molecule is O=C1C=CCCN1C(=O)/C=C/c1cccc2c1OCO2. The predicted octanol–water partition coefficient (Wildman–Crippen LogP) is 1.74. The van der Waals surface area contributed by atoms with E-state index in [-0.39, 0.29) is 18.6 Å². The van der Waals surface area contributed by atoms with Crippen LogP contribution in [-0.4, -0.2) is 30.1 Å². The van der Waals surface area contributed by atoms with Crippen LogP contribution in [0.25, 0.3) is 6.08 Å². The quantitative estimate of drug-likeness (QED) is 0.769. The molecule has 0 spiro atoms. The highest BCUT2D eigenvalue weighted by atomic mass is 16.7. The van der Waals surface area contributed by atoms with Crippen LogP contribution in [0.5, 0.6) is 11.5 Å². The van der Waals surface area contributed by atoms with Crippen molar-refractivity contribution >= 4 is 17.9 Å². The number of ether oxygens (including phenoxy) is 2. The number of hydrogen-bond acceptors (Lipinski definition) is 4. The van der Waals surface area contributed by atoms with E-state index in [4.69, 9.17) is 9.47 Å². The van der Waals surface area contributed by atoms with Crippen molar-refractivity contribution in [3.05, 3.63) is 42.0 Å². The third-order valence-electron chi connectivity index (χ3n) is 3.14. The monoisotopic (exact) mass is 271 g/mol. The minimum atomic E-state index is -0.323. The van der Waals surface area contributed by atoms with Crippen LogP contribution in [0.4, 0.5) is 0 Å². The van der Waals surface area contributed by atoms with Crippen molar-refractivity contribution in [3.8, 4) is 11.5 Å². The fraction of sp³-hybridized carbons (Fsp3) is 0.200. The summed E-state index contributed by atoms with van der Waals surface area (Å²) in [7, 11) is 0. The van der Waals surface area contributed by atoms with E-state index in [1.54, 1.807) is 18.2 Å². The molecule has 0 atom stereocenters. The minimum absolute atomic E-state index is 0.184. The van der Waals surface area contributed by atoms with Crippen molar-refractivity contribution in [3.63, 3.8) is 0 Å². The van der Waals surface area contributed by atoms with Crippen LogP contribution in [0.1, 0.15) is 12.0 Å². The lowest BCUT2D eigenvalue weighted by Gasteiger charge is -2.19. The van der Waals surface area contributed by atoms with Gasteiger partial charge in [0.15, 0.2) is 11.5 Å². The van der Waals surface area contributed by atoms with Gasteiger partial charge in [-0.25, -0.2) is 0 Å². The van der Waals surface area contributed by atoms with E-state index in [9.17, 15) is 9.59 Å². The Bertz CT molecular complexity index is 618. The van der Waals surface area contributed by atoms with Crippen molar-refractivity contribution in [2.75, 3.05) is 13.3 Å². The number of carbonyl (C=O) groups is 2. The zero-order chi connectivity index (χ0) is 13.9. The van der Waals surface area contributed by atoms with Gasteiger partial charge in [0.25, 0.3) is 11.8 Å². The van der Waals surface area contributed by atoms with Crippen LogP contribution in [-0.2, 0) is 9.59 Å². The van der Waals surface area contributed by atoms with Crippen molar-refractivity contribution in [2.45, 2.75) is 6.42 Å². The second-order valence-electron chi connectivity index (χ2n) is 4.43. The molecular formula is C15H13NO4. The average Bonchev–Trinajstić information content (AvgIpc) is 2.94. The summed E-state index contributed by atoms with van der Waals surface area (Å²) in [4.78, 5) is 24.8. The lowest BCUT2D eigenvalue weighted by Crippen LogP contribution is -2.37. The highest BCUT2D eigenvalue weighted by molar-refractivity contribution is 6.07. The van der Waals surface area contributed by atoms with Crippen LogP contribution >= 0.6 is 0 Å². The first-order chi connectivity index (χ1) is 9.75. The van der Waals surface area contributed by atoms with Crippen LogP contribution < -0.4 is 9.47 Å². The fourth-order valence-corrected chi connectivity index (χ4v) is 2.14. The topological polar surface area (TPSA) is 55.8 Å². The molecule has 3 rings (SSSR count). The largest absolute Gasteiger partial charge is 0.454 e. The molecule has 1 aromatic carbocycles. The molecular weight excluding hydrogens is 258 g/mol. The molecule has 0 N–H and O–H groups in total. The summed E-state index contributed by atoms with van der Waals surface area (Å²) >= 11 is 0. The molecule has 0 aromatic heterocycles.